The summed E-state index contributed by atoms with van der Waals surface area (Å²) in [5.41, 5.74) is 0. The molecule has 6 atom stereocenters. The van der Waals surface area contributed by atoms with Crippen molar-refractivity contribution < 1.29 is 29.0 Å². The maximum Gasteiger partial charge on any atom is 0.204 e. The van der Waals surface area contributed by atoms with E-state index in [-0.39, 0.29) is 42.0 Å². The van der Waals surface area contributed by atoms with E-state index in [1.54, 1.807) is 0 Å². The first-order valence-corrected chi connectivity index (χ1v) is 11.9. The highest BCUT2D eigenvalue weighted by molar-refractivity contribution is 5.03. The average molecular weight is 446 g/mol. The van der Waals surface area contributed by atoms with E-state index in [9.17, 15) is 15.2 Å². The third kappa shape index (κ3) is 11.9. The molecule has 1 aliphatic carbocycles. The zero-order valence-electron chi connectivity index (χ0n) is 19.7. The number of nitro groups is 1. The lowest BCUT2D eigenvalue weighted by Crippen LogP contribution is -2.27. The molecule has 0 bridgehead atoms. The lowest BCUT2D eigenvalue weighted by Gasteiger charge is -2.24. The van der Waals surface area contributed by atoms with Gasteiger partial charge in [-0.25, -0.2) is 0 Å². The van der Waals surface area contributed by atoms with Crippen LogP contribution >= 0.6 is 0 Å². The smallest absolute Gasteiger partial charge is 0.204 e. The number of ether oxygens (including phenoxy) is 4. The molecule has 31 heavy (non-hydrogen) atoms. The van der Waals surface area contributed by atoms with Crippen molar-refractivity contribution in [1.29, 1.82) is 0 Å². The molecule has 0 aromatic carbocycles. The van der Waals surface area contributed by atoms with Crippen LogP contribution in [0.4, 0.5) is 0 Å². The van der Waals surface area contributed by atoms with Crippen molar-refractivity contribution in [3.8, 4) is 0 Å². The minimum atomic E-state index is -0.590. The Morgan fingerprint density at radius 1 is 1.06 bits per heavy atom. The van der Waals surface area contributed by atoms with Crippen LogP contribution in [0.25, 0.3) is 0 Å². The van der Waals surface area contributed by atoms with Gasteiger partial charge in [0.15, 0.2) is 12.6 Å². The summed E-state index contributed by atoms with van der Waals surface area (Å²) in [5, 5.41) is 21.3. The van der Waals surface area contributed by atoms with Gasteiger partial charge in [0.2, 0.25) is 6.54 Å². The summed E-state index contributed by atoms with van der Waals surface area (Å²) < 4.78 is 22.4. The van der Waals surface area contributed by atoms with E-state index in [0.717, 1.165) is 32.1 Å². The van der Waals surface area contributed by atoms with Gasteiger partial charge in [-0.15, -0.1) is 0 Å². The summed E-state index contributed by atoms with van der Waals surface area (Å²) in [6.07, 6.45) is 9.05. The molecule has 0 aliphatic heterocycles. The van der Waals surface area contributed by atoms with E-state index >= 15 is 0 Å². The van der Waals surface area contributed by atoms with Crippen molar-refractivity contribution in [1.82, 2.24) is 0 Å². The van der Waals surface area contributed by atoms with E-state index in [0.29, 0.717) is 32.7 Å². The highest BCUT2D eigenvalue weighted by Crippen LogP contribution is 2.38. The van der Waals surface area contributed by atoms with Crippen LogP contribution in [0.15, 0.2) is 12.2 Å². The molecular weight excluding hydrogens is 402 g/mol. The second-order valence-electron chi connectivity index (χ2n) is 8.11. The Morgan fingerprint density at radius 2 is 1.74 bits per heavy atom. The van der Waals surface area contributed by atoms with Gasteiger partial charge >= 0.3 is 0 Å². The molecule has 0 amide bonds. The SMILES string of the molecule is CCOC(C)OCCCCCCC=C[C@H]1[C@@H](CC[N+](=O)[O-])[C@@H](O)C[C@H]1OC(C)OCC. The molecule has 1 saturated carbocycles. The molecule has 8 nitrogen and oxygen atoms in total. The first-order valence-electron chi connectivity index (χ1n) is 11.9. The summed E-state index contributed by atoms with van der Waals surface area (Å²) >= 11 is 0. The van der Waals surface area contributed by atoms with Gasteiger partial charge in [0.1, 0.15) is 0 Å². The van der Waals surface area contributed by atoms with Crippen molar-refractivity contribution in [2.45, 2.75) is 97.4 Å². The maximum atomic E-state index is 10.8. The zero-order valence-corrected chi connectivity index (χ0v) is 19.7. The Kier molecular flexibility index (Phi) is 14.9. The summed E-state index contributed by atoms with van der Waals surface area (Å²) in [6, 6.07) is 0. The molecule has 1 aliphatic rings. The number of aliphatic hydroxyl groups is 1. The van der Waals surface area contributed by atoms with E-state index in [2.05, 4.69) is 12.2 Å². The van der Waals surface area contributed by atoms with Crippen molar-refractivity contribution in [2.24, 2.45) is 11.8 Å². The van der Waals surface area contributed by atoms with Crippen LogP contribution in [0.3, 0.4) is 0 Å². The zero-order chi connectivity index (χ0) is 23.1. The monoisotopic (exact) mass is 445 g/mol. The molecule has 182 valence electrons. The molecule has 0 spiro atoms. The first-order chi connectivity index (χ1) is 14.9. The highest BCUT2D eigenvalue weighted by Gasteiger charge is 2.42. The van der Waals surface area contributed by atoms with Crippen LogP contribution in [-0.4, -0.2) is 61.2 Å². The van der Waals surface area contributed by atoms with Gasteiger partial charge in [0.25, 0.3) is 0 Å². The molecule has 0 radical (unpaired) electrons. The lowest BCUT2D eigenvalue weighted by molar-refractivity contribution is -0.482. The molecule has 0 heterocycles. The second kappa shape index (κ2) is 16.6. The summed E-state index contributed by atoms with van der Waals surface area (Å²) in [6.45, 7) is 9.42. The Labute approximate surface area is 187 Å². The summed E-state index contributed by atoms with van der Waals surface area (Å²) in [7, 11) is 0. The third-order valence-electron chi connectivity index (χ3n) is 5.68. The van der Waals surface area contributed by atoms with Crippen molar-refractivity contribution in [3.05, 3.63) is 22.3 Å². The van der Waals surface area contributed by atoms with Crippen LogP contribution in [0.2, 0.25) is 0 Å². The topological polar surface area (TPSA) is 100 Å². The lowest BCUT2D eigenvalue weighted by atomic mass is 9.90. The fourth-order valence-corrected chi connectivity index (χ4v) is 4.18. The van der Waals surface area contributed by atoms with Crippen LogP contribution in [0.5, 0.6) is 0 Å². The van der Waals surface area contributed by atoms with E-state index in [1.165, 1.54) is 0 Å². The van der Waals surface area contributed by atoms with Gasteiger partial charge < -0.3 is 24.1 Å². The van der Waals surface area contributed by atoms with Gasteiger partial charge in [-0.1, -0.05) is 25.0 Å². The number of hydrogen-bond donors (Lipinski definition) is 1. The van der Waals surface area contributed by atoms with Crippen LogP contribution in [-0.2, 0) is 18.9 Å². The van der Waals surface area contributed by atoms with Gasteiger partial charge in [0.05, 0.1) is 12.2 Å². The number of nitrogens with zero attached hydrogens (tertiary/aromatic N) is 1. The van der Waals surface area contributed by atoms with Crippen molar-refractivity contribution in [2.75, 3.05) is 26.4 Å². The molecule has 1 N–H and O–H groups in total. The average Bonchev–Trinajstić information content (AvgIpc) is 2.99. The molecule has 0 saturated heterocycles. The molecular formula is C23H43NO7. The Hall–Kier alpha value is -1.06. The fraction of sp³-hybridized carbons (Fsp3) is 0.913. The number of aliphatic hydroxyl groups excluding tert-OH is 1. The van der Waals surface area contributed by atoms with Crippen molar-refractivity contribution in [3.63, 3.8) is 0 Å². The number of allylic oxidation sites excluding steroid dienone is 1. The van der Waals surface area contributed by atoms with E-state index < -0.39 is 6.10 Å². The largest absolute Gasteiger partial charge is 0.393 e. The van der Waals surface area contributed by atoms with Crippen LogP contribution in [0.1, 0.15) is 72.6 Å². The Morgan fingerprint density at radius 3 is 2.42 bits per heavy atom. The van der Waals surface area contributed by atoms with Crippen LogP contribution in [0, 0.1) is 22.0 Å². The molecule has 0 aromatic rings. The quantitative estimate of drug-likeness (QED) is 0.110. The molecule has 2 unspecified atom stereocenters. The standard InChI is InChI=1S/C23H43NO7/c1-5-28-18(3)30-16-12-10-8-7-9-11-13-21-20(14-15-24(26)27)22(25)17-23(21)31-19(4)29-6-2/h11,13,18-23,25H,5-10,12,14-17H2,1-4H3/t18?,19?,20-,21+,22+,23-/m1/s1. The summed E-state index contributed by atoms with van der Waals surface area (Å²) in [4.78, 5) is 10.5. The van der Waals surface area contributed by atoms with Gasteiger partial charge in [-0.2, -0.15) is 0 Å². The Bertz CT molecular complexity index is 502. The van der Waals surface area contributed by atoms with E-state index in [4.69, 9.17) is 18.9 Å². The number of hydrogen-bond acceptors (Lipinski definition) is 7. The summed E-state index contributed by atoms with van der Waals surface area (Å²) in [5.74, 6) is -0.198. The second-order valence-corrected chi connectivity index (χ2v) is 8.11. The third-order valence-corrected chi connectivity index (χ3v) is 5.68. The highest BCUT2D eigenvalue weighted by atomic mass is 16.7. The molecule has 1 rings (SSSR count). The van der Waals surface area contributed by atoms with Gasteiger partial charge in [-0.3, -0.25) is 10.1 Å². The van der Waals surface area contributed by atoms with E-state index in [1.807, 2.05) is 27.7 Å². The van der Waals surface area contributed by atoms with Gasteiger partial charge in [-0.05, 0) is 52.9 Å². The van der Waals surface area contributed by atoms with Crippen molar-refractivity contribution >= 4 is 0 Å². The van der Waals surface area contributed by atoms with Crippen LogP contribution < -0.4 is 0 Å². The van der Waals surface area contributed by atoms with Gasteiger partial charge in [0, 0.05) is 43.5 Å². The predicted octanol–water partition coefficient (Wildman–Crippen LogP) is 4.32. The Balaban J connectivity index is 2.42. The minimum absolute atomic E-state index is 0.0358. The molecule has 0 aromatic heterocycles. The number of rotatable bonds is 18. The first kappa shape index (κ1) is 28.0. The molecule has 1 fully saturated rings. The fourth-order valence-electron chi connectivity index (χ4n) is 4.18. The maximum absolute atomic E-state index is 10.8. The minimum Gasteiger partial charge on any atom is -0.393 e. The normalized spacial score (nSPS) is 25.8. The molecule has 8 heteroatoms. The number of unbranched alkanes of at least 4 members (excludes halogenated alkanes) is 4. The predicted molar refractivity (Wildman–Crippen MR) is 119 cm³/mol.